The summed E-state index contributed by atoms with van der Waals surface area (Å²) < 4.78 is 0. The topological polar surface area (TPSA) is 42.9 Å². The Kier molecular flexibility index (Phi) is 2.77. The number of rotatable bonds is 2. The van der Waals surface area contributed by atoms with Gasteiger partial charge in [-0.3, -0.25) is 14.8 Å². The monoisotopic (exact) mass is 212 g/mol. The molecule has 0 saturated heterocycles. The Bertz CT molecular complexity index is 518. The van der Waals surface area contributed by atoms with Crippen LogP contribution < -0.4 is 0 Å². The van der Waals surface area contributed by atoms with Gasteiger partial charge in [0.1, 0.15) is 0 Å². The molecule has 0 aliphatic carbocycles. The largest absolute Gasteiger partial charge is 0.289 e. The second-order valence-electron chi connectivity index (χ2n) is 3.71. The van der Waals surface area contributed by atoms with Crippen molar-refractivity contribution in [1.82, 2.24) is 9.97 Å². The molecule has 0 aliphatic heterocycles. The van der Waals surface area contributed by atoms with Crippen LogP contribution in [0.2, 0.25) is 0 Å². The molecule has 0 fully saturated rings. The maximum Gasteiger partial charge on any atom is 0.194 e. The lowest BCUT2D eigenvalue weighted by atomic mass is 10.0. The van der Waals surface area contributed by atoms with Gasteiger partial charge >= 0.3 is 0 Å². The molecule has 2 rings (SSSR count). The van der Waals surface area contributed by atoms with Crippen LogP contribution in [0.1, 0.15) is 27.2 Å². The van der Waals surface area contributed by atoms with Crippen LogP contribution in [-0.2, 0) is 0 Å². The lowest BCUT2D eigenvalue weighted by Gasteiger charge is -2.03. The van der Waals surface area contributed by atoms with E-state index in [2.05, 4.69) is 9.97 Å². The van der Waals surface area contributed by atoms with E-state index < -0.39 is 0 Å². The maximum absolute atomic E-state index is 12.1. The molecule has 0 aromatic carbocycles. The number of nitrogens with zero attached hydrogens (tertiary/aromatic N) is 2. The van der Waals surface area contributed by atoms with Gasteiger partial charge in [0.15, 0.2) is 5.78 Å². The van der Waals surface area contributed by atoms with Crippen molar-refractivity contribution in [1.29, 1.82) is 0 Å². The van der Waals surface area contributed by atoms with Crippen LogP contribution in [0, 0.1) is 13.8 Å². The predicted octanol–water partition coefficient (Wildman–Crippen LogP) is 2.32. The van der Waals surface area contributed by atoms with Crippen molar-refractivity contribution in [2.45, 2.75) is 13.8 Å². The Morgan fingerprint density at radius 1 is 1.12 bits per heavy atom. The van der Waals surface area contributed by atoms with Crippen molar-refractivity contribution in [3.05, 3.63) is 59.2 Å². The van der Waals surface area contributed by atoms with Crippen molar-refractivity contribution in [2.24, 2.45) is 0 Å². The summed E-state index contributed by atoms with van der Waals surface area (Å²) >= 11 is 0. The molecule has 16 heavy (non-hydrogen) atoms. The van der Waals surface area contributed by atoms with Crippen LogP contribution in [0.5, 0.6) is 0 Å². The quantitative estimate of drug-likeness (QED) is 0.717. The standard InChI is InChI=1S/C13H12N2O/c1-9-7-14-6-5-12(9)13(16)11-4-3-10(2)15-8-11/h3-8H,1-2H3. The molecule has 0 unspecified atom stereocenters. The first-order chi connectivity index (χ1) is 7.68. The highest BCUT2D eigenvalue weighted by atomic mass is 16.1. The van der Waals surface area contributed by atoms with Gasteiger partial charge in [0.25, 0.3) is 0 Å². The number of carbonyl (C=O) groups is 1. The number of aromatic nitrogens is 2. The number of ketones is 1. The summed E-state index contributed by atoms with van der Waals surface area (Å²) in [7, 11) is 0. The van der Waals surface area contributed by atoms with Crippen LogP contribution in [0.4, 0.5) is 0 Å². The Balaban J connectivity index is 2.40. The molecule has 3 nitrogen and oxygen atoms in total. The summed E-state index contributed by atoms with van der Waals surface area (Å²) in [5.74, 6) is -0.00704. The molecule has 0 spiro atoms. The van der Waals surface area contributed by atoms with E-state index in [9.17, 15) is 4.79 Å². The van der Waals surface area contributed by atoms with E-state index in [-0.39, 0.29) is 5.78 Å². The zero-order chi connectivity index (χ0) is 11.5. The number of aryl methyl sites for hydroxylation is 2. The first-order valence-electron chi connectivity index (χ1n) is 5.06. The van der Waals surface area contributed by atoms with Gasteiger partial charge in [0, 0.05) is 35.4 Å². The molecule has 0 atom stereocenters. The minimum absolute atomic E-state index is 0.00704. The number of hydrogen-bond donors (Lipinski definition) is 0. The van der Waals surface area contributed by atoms with Gasteiger partial charge in [-0.05, 0) is 37.6 Å². The van der Waals surface area contributed by atoms with E-state index in [1.165, 1.54) is 0 Å². The molecule has 0 aliphatic rings. The zero-order valence-electron chi connectivity index (χ0n) is 9.27. The van der Waals surface area contributed by atoms with Crippen molar-refractivity contribution >= 4 is 5.78 Å². The molecule has 0 N–H and O–H groups in total. The molecule has 2 aromatic rings. The Labute approximate surface area is 94.2 Å². The Morgan fingerprint density at radius 2 is 1.94 bits per heavy atom. The Hall–Kier alpha value is -2.03. The number of pyridine rings is 2. The Morgan fingerprint density at radius 3 is 2.56 bits per heavy atom. The molecule has 0 saturated carbocycles. The summed E-state index contributed by atoms with van der Waals surface area (Å²) in [6.07, 6.45) is 4.92. The summed E-state index contributed by atoms with van der Waals surface area (Å²) in [5.41, 5.74) is 3.08. The van der Waals surface area contributed by atoms with E-state index in [4.69, 9.17) is 0 Å². The summed E-state index contributed by atoms with van der Waals surface area (Å²) in [5, 5.41) is 0. The van der Waals surface area contributed by atoms with Crippen LogP contribution in [0.3, 0.4) is 0 Å². The highest BCUT2D eigenvalue weighted by Crippen LogP contribution is 2.12. The van der Waals surface area contributed by atoms with Gasteiger partial charge in [-0.1, -0.05) is 0 Å². The first-order valence-corrected chi connectivity index (χ1v) is 5.06. The lowest BCUT2D eigenvalue weighted by Crippen LogP contribution is -2.04. The van der Waals surface area contributed by atoms with Gasteiger partial charge in [0.05, 0.1) is 0 Å². The van der Waals surface area contributed by atoms with Gasteiger partial charge < -0.3 is 0 Å². The van der Waals surface area contributed by atoms with E-state index in [1.54, 1.807) is 30.7 Å². The second kappa shape index (κ2) is 4.23. The molecule has 0 bridgehead atoms. The van der Waals surface area contributed by atoms with E-state index in [1.807, 2.05) is 19.9 Å². The summed E-state index contributed by atoms with van der Waals surface area (Å²) in [6.45, 7) is 3.77. The molecule has 0 radical (unpaired) electrons. The second-order valence-corrected chi connectivity index (χ2v) is 3.71. The number of carbonyl (C=O) groups excluding carboxylic acids is 1. The van der Waals surface area contributed by atoms with Crippen molar-refractivity contribution in [3.8, 4) is 0 Å². The molecule has 80 valence electrons. The zero-order valence-corrected chi connectivity index (χ0v) is 9.27. The van der Waals surface area contributed by atoms with Gasteiger partial charge in [-0.15, -0.1) is 0 Å². The van der Waals surface area contributed by atoms with E-state index in [0.29, 0.717) is 11.1 Å². The minimum atomic E-state index is -0.00704. The molecular formula is C13H12N2O. The van der Waals surface area contributed by atoms with Gasteiger partial charge in [-0.2, -0.15) is 0 Å². The fourth-order valence-corrected chi connectivity index (χ4v) is 1.49. The SMILES string of the molecule is Cc1ccc(C(=O)c2ccncc2C)cn1. The molecule has 2 aromatic heterocycles. The van der Waals surface area contributed by atoms with Gasteiger partial charge in [0.2, 0.25) is 0 Å². The highest BCUT2D eigenvalue weighted by Gasteiger charge is 2.11. The molecule has 2 heterocycles. The summed E-state index contributed by atoms with van der Waals surface area (Å²) in [6, 6.07) is 5.37. The third kappa shape index (κ3) is 1.98. The van der Waals surface area contributed by atoms with Gasteiger partial charge in [-0.25, -0.2) is 0 Å². The third-order valence-corrected chi connectivity index (χ3v) is 2.44. The normalized spacial score (nSPS) is 10.1. The van der Waals surface area contributed by atoms with Crippen molar-refractivity contribution < 1.29 is 4.79 Å². The molecule has 0 amide bonds. The molecule has 3 heteroatoms. The lowest BCUT2D eigenvalue weighted by molar-refractivity contribution is 0.103. The van der Waals surface area contributed by atoms with Crippen LogP contribution in [-0.4, -0.2) is 15.8 Å². The fraction of sp³-hybridized carbons (Fsp3) is 0.154. The van der Waals surface area contributed by atoms with E-state index >= 15 is 0 Å². The van der Waals surface area contributed by atoms with Crippen LogP contribution >= 0.6 is 0 Å². The smallest absolute Gasteiger partial charge is 0.194 e. The minimum Gasteiger partial charge on any atom is -0.289 e. The van der Waals surface area contributed by atoms with Crippen molar-refractivity contribution in [3.63, 3.8) is 0 Å². The average Bonchev–Trinajstić information content (AvgIpc) is 2.30. The predicted molar refractivity (Wildman–Crippen MR) is 61.4 cm³/mol. The average molecular weight is 212 g/mol. The van der Waals surface area contributed by atoms with Crippen LogP contribution in [0.25, 0.3) is 0 Å². The molecular weight excluding hydrogens is 200 g/mol. The summed E-state index contributed by atoms with van der Waals surface area (Å²) in [4.78, 5) is 20.2. The fourth-order valence-electron chi connectivity index (χ4n) is 1.49. The highest BCUT2D eigenvalue weighted by molar-refractivity contribution is 6.09. The van der Waals surface area contributed by atoms with Crippen LogP contribution in [0.15, 0.2) is 36.8 Å². The first kappa shape index (κ1) is 10.5. The number of hydrogen-bond acceptors (Lipinski definition) is 3. The third-order valence-electron chi connectivity index (χ3n) is 2.44. The maximum atomic E-state index is 12.1. The van der Waals surface area contributed by atoms with E-state index in [0.717, 1.165) is 11.3 Å². The van der Waals surface area contributed by atoms with Crippen molar-refractivity contribution in [2.75, 3.05) is 0 Å².